The molecule has 1 saturated carbocycles. The van der Waals surface area contributed by atoms with Gasteiger partial charge in [-0.2, -0.15) is 16.1 Å². The van der Waals surface area contributed by atoms with Crippen LogP contribution in [-0.4, -0.2) is 36.8 Å². The number of thiophene rings is 1. The van der Waals surface area contributed by atoms with Crippen LogP contribution in [0.15, 0.2) is 16.3 Å². The highest BCUT2D eigenvalue weighted by Crippen LogP contribution is 2.35. The standard InChI is InChI=1S/C13H21NO2S3/c1-4-17-12-7-6-11(9-12)14(3)19(15,16)13-8-5-10(2)18-13/h5,8,11-12H,4,6-7,9H2,1-3H3. The molecule has 1 aliphatic carbocycles. The van der Waals surface area contributed by atoms with E-state index in [-0.39, 0.29) is 6.04 Å². The summed E-state index contributed by atoms with van der Waals surface area (Å²) in [5, 5.41) is 0.623. The average Bonchev–Trinajstić information content (AvgIpc) is 2.98. The first-order valence-corrected chi connectivity index (χ1v) is 9.91. The molecule has 0 bridgehead atoms. The first-order valence-electron chi connectivity index (χ1n) is 6.61. The highest BCUT2D eigenvalue weighted by atomic mass is 32.2. The first kappa shape index (κ1) is 15.4. The number of rotatable bonds is 5. The van der Waals surface area contributed by atoms with Gasteiger partial charge in [-0.3, -0.25) is 0 Å². The van der Waals surface area contributed by atoms with Crippen LogP contribution < -0.4 is 0 Å². The van der Waals surface area contributed by atoms with Gasteiger partial charge < -0.3 is 0 Å². The molecular weight excluding hydrogens is 298 g/mol. The smallest absolute Gasteiger partial charge is 0.206 e. The van der Waals surface area contributed by atoms with Crippen LogP contribution in [0, 0.1) is 6.92 Å². The van der Waals surface area contributed by atoms with Crippen LogP contribution in [0.1, 0.15) is 31.1 Å². The number of sulfonamides is 1. The van der Waals surface area contributed by atoms with E-state index in [2.05, 4.69) is 6.92 Å². The Bertz CT molecular complexity index is 524. The Hall–Kier alpha value is -0.0400. The largest absolute Gasteiger partial charge is 0.252 e. The third-order valence-electron chi connectivity index (χ3n) is 3.62. The predicted molar refractivity (Wildman–Crippen MR) is 83.6 cm³/mol. The third-order valence-corrected chi connectivity index (χ3v) is 8.23. The Morgan fingerprint density at radius 2 is 2.16 bits per heavy atom. The van der Waals surface area contributed by atoms with Crippen molar-refractivity contribution in [2.45, 2.75) is 48.6 Å². The Labute approximate surface area is 124 Å². The summed E-state index contributed by atoms with van der Waals surface area (Å²) in [5.41, 5.74) is 0. The van der Waals surface area contributed by atoms with Crippen LogP contribution in [0.4, 0.5) is 0 Å². The van der Waals surface area contributed by atoms with Gasteiger partial charge in [-0.25, -0.2) is 8.42 Å². The molecule has 1 heterocycles. The van der Waals surface area contributed by atoms with Crippen molar-refractivity contribution in [3.63, 3.8) is 0 Å². The quantitative estimate of drug-likeness (QED) is 0.835. The van der Waals surface area contributed by atoms with Crippen LogP contribution in [0.5, 0.6) is 0 Å². The van der Waals surface area contributed by atoms with Crippen LogP contribution in [-0.2, 0) is 10.0 Å². The first-order chi connectivity index (χ1) is 8.95. The Balaban J connectivity index is 2.09. The molecule has 1 aromatic rings. The van der Waals surface area contributed by atoms with Crippen molar-refractivity contribution >= 4 is 33.1 Å². The lowest BCUT2D eigenvalue weighted by atomic mass is 10.3. The molecule has 0 aromatic carbocycles. The second-order valence-electron chi connectivity index (χ2n) is 4.93. The molecule has 0 saturated heterocycles. The van der Waals surface area contributed by atoms with Gasteiger partial charge in [-0.15, -0.1) is 11.3 Å². The van der Waals surface area contributed by atoms with E-state index < -0.39 is 10.0 Å². The van der Waals surface area contributed by atoms with Gasteiger partial charge in [0.15, 0.2) is 0 Å². The molecule has 0 radical (unpaired) electrons. The molecule has 0 N–H and O–H groups in total. The zero-order valence-electron chi connectivity index (χ0n) is 11.6. The van der Waals surface area contributed by atoms with E-state index in [9.17, 15) is 8.42 Å². The third kappa shape index (κ3) is 3.35. The number of hydrogen-bond donors (Lipinski definition) is 0. The highest BCUT2D eigenvalue weighted by Gasteiger charge is 2.34. The summed E-state index contributed by atoms with van der Waals surface area (Å²) in [6, 6.07) is 3.76. The van der Waals surface area contributed by atoms with Gasteiger partial charge in [-0.1, -0.05) is 6.92 Å². The molecule has 1 aromatic heterocycles. The highest BCUT2D eigenvalue weighted by molar-refractivity contribution is 7.99. The van der Waals surface area contributed by atoms with Crippen LogP contribution >= 0.6 is 23.1 Å². The molecule has 19 heavy (non-hydrogen) atoms. The van der Waals surface area contributed by atoms with Crippen molar-refractivity contribution in [2.75, 3.05) is 12.8 Å². The van der Waals surface area contributed by atoms with Gasteiger partial charge >= 0.3 is 0 Å². The van der Waals surface area contributed by atoms with Crippen molar-refractivity contribution in [2.24, 2.45) is 0 Å². The van der Waals surface area contributed by atoms with E-state index in [1.54, 1.807) is 17.4 Å². The normalized spacial score (nSPS) is 24.2. The Kier molecular flexibility index (Phi) is 4.98. The summed E-state index contributed by atoms with van der Waals surface area (Å²) in [4.78, 5) is 1.04. The average molecular weight is 320 g/mol. The lowest BCUT2D eigenvalue weighted by molar-refractivity contribution is 0.374. The molecule has 0 aliphatic heterocycles. The SMILES string of the molecule is CCSC1CCC(N(C)S(=O)(=O)c2ccc(C)s2)C1. The lowest BCUT2D eigenvalue weighted by Gasteiger charge is -2.23. The minimum atomic E-state index is -3.30. The van der Waals surface area contributed by atoms with E-state index >= 15 is 0 Å². The van der Waals surface area contributed by atoms with Crippen molar-refractivity contribution in [1.82, 2.24) is 4.31 Å². The molecule has 2 unspecified atom stereocenters. The monoisotopic (exact) mass is 319 g/mol. The van der Waals surface area contributed by atoms with E-state index in [1.165, 1.54) is 11.3 Å². The summed E-state index contributed by atoms with van der Waals surface area (Å²) >= 11 is 3.31. The summed E-state index contributed by atoms with van der Waals surface area (Å²) in [5.74, 6) is 1.11. The molecular formula is C13H21NO2S3. The second-order valence-corrected chi connectivity index (χ2v) is 10.0. The fourth-order valence-electron chi connectivity index (χ4n) is 2.52. The molecule has 108 valence electrons. The van der Waals surface area contributed by atoms with Crippen molar-refractivity contribution in [3.05, 3.63) is 17.0 Å². The van der Waals surface area contributed by atoms with Gasteiger partial charge in [0.25, 0.3) is 10.0 Å². The molecule has 6 heteroatoms. The number of nitrogens with zero attached hydrogens (tertiary/aromatic N) is 1. The summed E-state index contributed by atoms with van der Waals surface area (Å²) in [6.07, 6.45) is 3.10. The lowest BCUT2D eigenvalue weighted by Crippen LogP contribution is -2.35. The zero-order chi connectivity index (χ0) is 14.0. The Morgan fingerprint density at radius 3 is 2.74 bits per heavy atom. The fraction of sp³-hybridized carbons (Fsp3) is 0.692. The number of aryl methyl sites for hydroxylation is 1. The minimum Gasteiger partial charge on any atom is -0.206 e. The van der Waals surface area contributed by atoms with Gasteiger partial charge in [-0.05, 0) is 44.1 Å². The number of thioether (sulfide) groups is 1. The molecule has 1 aliphatic rings. The van der Waals surface area contributed by atoms with Gasteiger partial charge in [0.05, 0.1) is 0 Å². The van der Waals surface area contributed by atoms with Crippen LogP contribution in [0.3, 0.4) is 0 Å². The summed E-state index contributed by atoms with van der Waals surface area (Å²) in [6.45, 7) is 4.10. The van der Waals surface area contributed by atoms with E-state index in [4.69, 9.17) is 0 Å². The molecule has 0 amide bonds. The predicted octanol–water partition coefficient (Wildman–Crippen LogP) is 3.35. The second kappa shape index (κ2) is 6.16. The summed E-state index contributed by atoms with van der Waals surface area (Å²) in [7, 11) is -1.57. The van der Waals surface area contributed by atoms with Crippen molar-refractivity contribution in [3.8, 4) is 0 Å². The van der Waals surface area contributed by atoms with Crippen molar-refractivity contribution in [1.29, 1.82) is 0 Å². The van der Waals surface area contributed by atoms with Crippen molar-refractivity contribution < 1.29 is 8.42 Å². The van der Waals surface area contributed by atoms with Crippen LogP contribution in [0.2, 0.25) is 0 Å². The number of hydrogen-bond acceptors (Lipinski definition) is 4. The van der Waals surface area contributed by atoms with E-state index in [1.807, 2.05) is 24.8 Å². The summed E-state index contributed by atoms with van der Waals surface area (Å²) < 4.78 is 27.1. The van der Waals surface area contributed by atoms with Gasteiger partial charge in [0, 0.05) is 23.2 Å². The topological polar surface area (TPSA) is 37.4 Å². The maximum absolute atomic E-state index is 12.5. The maximum Gasteiger partial charge on any atom is 0.252 e. The molecule has 1 fully saturated rings. The molecule has 2 rings (SSSR count). The van der Waals surface area contributed by atoms with E-state index in [0.29, 0.717) is 9.46 Å². The van der Waals surface area contributed by atoms with Crippen LogP contribution in [0.25, 0.3) is 0 Å². The minimum absolute atomic E-state index is 0.163. The maximum atomic E-state index is 12.5. The van der Waals surface area contributed by atoms with E-state index in [0.717, 1.165) is 29.9 Å². The van der Waals surface area contributed by atoms with Gasteiger partial charge in [0.2, 0.25) is 0 Å². The molecule has 0 spiro atoms. The van der Waals surface area contributed by atoms with Gasteiger partial charge in [0.1, 0.15) is 4.21 Å². The fourth-order valence-corrected chi connectivity index (χ4v) is 6.52. The Morgan fingerprint density at radius 1 is 1.42 bits per heavy atom. The molecule has 2 atom stereocenters. The zero-order valence-corrected chi connectivity index (χ0v) is 14.1. The molecule has 3 nitrogen and oxygen atoms in total.